The van der Waals surface area contributed by atoms with Crippen LogP contribution in [0, 0.1) is 0 Å². The van der Waals surface area contributed by atoms with E-state index in [1.165, 1.54) is 0 Å². The molecule has 0 aliphatic rings. The predicted octanol–water partition coefficient (Wildman–Crippen LogP) is 3.19. The fourth-order valence-electron chi connectivity index (χ4n) is 2.37. The molecule has 0 aliphatic carbocycles. The summed E-state index contributed by atoms with van der Waals surface area (Å²) in [6.07, 6.45) is 0.870. The van der Waals surface area contributed by atoms with E-state index in [0.29, 0.717) is 17.7 Å². The van der Waals surface area contributed by atoms with Crippen LogP contribution in [0.15, 0.2) is 48.5 Å². The highest BCUT2D eigenvalue weighted by Gasteiger charge is 2.10. The molecule has 0 aromatic heterocycles. The minimum Gasteiger partial charge on any atom is -0.352 e. The number of carbonyl (C=O) groups is 2. The number of nitrogens with one attached hydrogen (secondary N) is 3. The van der Waals surface area contributed by atoms with E-state index >= 15 is 0 Å². The summed E-state index contributed by atoms with van der Waals surface area (Å²) in [6, 6.07) is 14.5. The first-order chi connectivity index (χ1) is 12.1. The summed E-state index contributed by atoms with van der Waals surface area (Å²) < 4.78 is 0. The lowest BCUT2D eigenvalue weighted by Crippen LogP contribution is -2.24. The van der Waals surface area contributed by atoms with Crippen LogP contribution in [-0.4, -0.2) is 24.9 Å². The van der Waals surface area contributed by atoms with E-state index in [2.05, 4.69) is 22.9 Å². The number of anilines is 1. The smallest absolute Gasteiger partial charge is 0.255 e. The Hall–Kier alpha value is -2.66. The van der Waals surface area contributed by atoms with Gasteiger partial charge in [0, 0.05) is 29.9 Å². The third-order valence-corrected chi connectivity index (χ3v) is 3.69. The van der Waals surface area contributed by atoms with E-state index in [4.69, 9.17) is 0 Å². The zero-order valence-electron chi connectivity index (χ0n) is 14.8. The Morgan fingerprint density at radius 1 is 0.920 bits per heavy atom. The van der Waals surface area contributed by atoms with E-state index < -0.39 is 0 Å². The lowest BCUT2D eigenvalue weighted by atomic mass is 10.1. The van der Waals surface area contributed by atoms with Crippen molar-refractivity contribution in [2.24, 2.45) is 0 Å². The average molecular weight is 339 g/mol. The number of benzene rings is 2. The van der Waals surface area contributed by atoms with Gasteiger partial charge in [0.15, 0.2) is 0 Å². The molecule has 2 aromatic carbocycles. The molecule has 25 heavy (non-hydrogen) atoms. The van der Waals surface area contributed by atoms with Gasteiger partial charge in [-0.1, -0.05) is 32.0 Å². The molecule has 5 nitrogen and oxygen atoms in total. The Bertz CT molecular complexity index is 728. The molecule has 2 aromatic rings. The molecule has 0 saturated heterocycles. The van der Waals surface area contributed by atoms with E-state index in [9.17, 15) is 9.59 Å². The summed E-state index contributed by atoms with van der Waals surface area (Å²) in [5, 5.41) is 8.96. The molecule has 0 unspecified atom stereocenters. The van der Waals surface area contributed by atoms with Crippen molar-refractivity contribution in [1.82, 2.24) is 10.6 Å². The summed E-state index contributed by atoms with van der Waals surface area (Å²) >= 11 is 0. The van der Waals surface area contributed by atoms with Crippen molar-refractivity contribution in [3.8, 4) is 0 Å². The molecular weight excluding hydrogens is 314 g/mol. The van der Waals surface area contributed by atoms with Crippen LogP contribution in [0.1, 0.15) is 46.5 Å². The van der Waals surface area contributed by atoms with Gasteiger partial charge in [-0.3, -0.25) is 9.59 Å². The number of amides is 2. The highest BCUT2D eigenvalue weighted by Crippen LogP contribution is 2.13. The average Bonchev–Trinajstić information content (AvgIpc) is 2.64. The Morgan fingerprint density at radius 3 is 2.36 bits per heavy atom. The maximum Gasteiger partial charge on any atom is 0.255 e. The van der Waals surface area contributed by atoms with Crippen molar-refractivity contribution >= 4 is 17.5 Å². The van der Waals surface area contributed by atoms with Crippen LogP contribution in [0.25, 0.3) is 0 Å². The first kappa shape index (κ1) is 18.7. The van der Waals surface area contributed by atoms with Gasteiger partial charge >= 0.3 is 0 Å². The highest BCUT2D eigenvalue weighted by molar-refractivity contribution is 6.06. The van der Waals surface area contributed by atoms with E-state index in [1.807, 2.05) is 31.2 Å². The Kier molecular flexibility index (Phi) is 7.16. The minimum atomic E-state index is -0.231. The van der Waals surface area contributed by atoms with Gasteiger partial charge < -0.3 is 16.0 Å². The second kappa shape index (κ2) is 9.59. The summed E-state index contributed by atoms with van der Waals surface area (Å²) in [6.45, 7) is 6.31. The maximum atomic E-state index is 12.5. The second-order valence-electron chi connectivity index (χ2n) is 5.77. The molecule has 2 rings (SSSR count). The van der Waals surface area contributed by atoms with Crippen LogP contribution in [0.2, 0.25) is 0 Å². The number of rotatable bonds is 8. The van der Waals surface area contributed by atoms with E-state index in [1.54, 1.807) is 24.3 Å². The van der Waals surface area contributed by atoms with Crippen molar-refractivity contribution in [1.29, 1.82) is 0 Å². The highest BCUT2D eigenvalue weighted by atomic mass is 16.2. The SMILES string of the molecule is CCCNC(=O)c1cccc(C(=O)Nc2cccc(CNCC)c2)c1. The van der Waals surface area contributed by atoms with Gasteiger partial charge in [-0.2, -0.15) is 0 Å². The summed E-state index contributed by atoms with van der Waals surface area (Å²) in [5.74, 6) is -0.394. The largest absolute Gasteiger partial charge is 0.352 e. The molecule has 3 N–H and O–H groups in total. The molecule has 0 fully saturated rings. The fraction of sp³-hybridized carbons (Fsp3) is 0.300. The van der Waals surface area contributed by atoms with Crippen molar-refractivity contribution in [2.45, 2.75) is 26.8 Å². The molecule has 0 atom stereocenters. The van der Waals surface area contributed by atoms with Crippen molar-refractivity contribution in [3.05, 3.63) is 65.2 Å². The van der Waals surface area contributed by atoms with Crippen molar-refractivity contribution < 1.29 is 9.59 Å². The topological polar surface area (TPSA) is 70.2 Å². The summed E-state index contributed by atoms with van der Waals surface area (Å²) in [7, 11) is 0. The van der Waals surface area contributed by atoms with Gasteiger partial charge in [-0.05, 0) is 48.9 Å². The Morgan fingerprint density at radius 2 is 1.64 bits per heavy atom. The summed E-state index contributed by atoms with van der Waals surface area (Å²) in [5.41, 5.74) is 2.79. The number of carbonyl (C=O) groups excluding carboxylic acids is 2. The number of hydrogen-bond donors (Lipinski definition) is 3. The van der Waals surface area contributed by atoms with Gasteiger partial charge in [0.05, 0.1) is 0 Å². The molecule has 0 spiro atoms. The second-order valence-corrected chi connectivity index (χ2v) is 5.77. The lowest BCUT2D eigenvalue weighted by molar-refractivity contribution is 0.0953. The quantitative estimate of drug-likeness (QED) is 0.692. The molecule has 2 amide bonds. The molecule has 0 radical (unpaired) electrons. The Balaban J connectivity index is 2.07. The standard InChI is InChI=1S/C20H25N3O2/c1-3-11-22-19(24)16-8-6-9-17(13-16)20(25)23-18-10-5-7-15(12-18)14-21-4-2/h5-10,12-13,21H,3-4,11,14H2,1-2H3,(H,22,24)(H,23,25). The van der Waals surface area contributed by atoms with Gasteiger partial charge in [0.1, 0.15) is 0 Å². The monoisotopic (exact) mass is 339 g/mol. The van der Waals surface area contributed by atoms with Crippen LogP contribution in [0.3, 0.4) is 0 Å². The van der Waals surface area contributed by atoms with Crippen LogP contribution in [-0.2, 0) is 6.54 Å². The molecule has 0 heterocycles. The molecular formula is C20H25N3O2. The fourth-order valence-corrected chi connectivity index (χ4v) is 2.37. The van der Waals surface area contributed by atoms with Crippen molar-refractivity contribution in [3.63, 3.8) is 0 Å². The maximum absolute atomic E-state index is 12.5. The van der Waals surface area contributed by atoms with E-state index in [0.717, 1.165) is 30.8 Å². The van der Waals surface area contributed by atoms with Crippen LogP contribution < -0.4 is 16.0 Å². The molecule has 0 bridgehead atoms. The summed E-state index contributed by atoms with van der Waals surface area (Å²) in [4.78, 5) is 24.5. The third-order valence-electron chi connectivity index (χ3n) is 3.69. The molecule has 132 valence electrons. The number of hydrogen-bond acceptors (Lipinski definition) is 3. The zero-order chi connectivity index (χ0) is 18.1. The van der Waals surface area contributed by atoms with Gasteiger partial charge in [0.25, 0.3) is 11.8 Å². The lowest BCUT2D eigenvalue weighted by Gasteiger charge is -2.09. The molecule has 0 aliphatic heterocycles. The third kappa shape index (κ3) is 5.72. The van der Waals surface area contributed by atoms with Crippen molar-refractivity contribution in [2.75, 3.05) is 18.4 Å². The van der Waals surface area contributed by atoms with Gasteiger partial charge in [-0.25, -0.2) is 0 Å². The first-order valence-corrected chi connectivity index (χ1v) is 8.63. The zero-order valence-corrected chi connectivity index (χ0v) is 14.8. The van der Waals surface area contributed by atoms with Gasteiger partial charge in [0.2, 0.25) is 0 Å². The first-order valence-electron chi connectivity index (χ1n) is 8.63. The Labute approximate surface area is 148 Å². The normalized spacial score (nSPS) is 10.3. The predicted molar refractivity (Wildman–Crippen MR) is 101 cm³/mol. The van der Waals surface area contributed by atoms with Gasteiger partial charge in [-0.15, -0.1) is 0 Å². The van der Waals surface area contributed by atoms with Crippen LogP contribution in [0.5, 0.6) is 0 Å². The minimum absolute atomic E-state index is 0.163. The molecule has 0 saturated carbocycles. The van der Waals surface area contributed by atoms with Crippen LogP contribution >= 0.6 is 0 Å². The van der Waals surface area contributed by atoms with Crippen LogP contribution in [0.4, 0.5) is 5.69 Å². The van der Waals surface area contributed by atoms with E-state index in [-0.39, 0.29) is 11.8 Å². The molecule has 5 heteroatoms.